The lowest BCUT2D eigenvalue weighted by Gasteiger charge is -2.31. The van der Waals surface area contributed by atoms with Crippen molar-refractivity contribution in [3.8, 4) is 0 Å². The fourth-order valence-corrected chi connectivity index (χ4v) is 5.85. The Labute approximate surface area is 161 Å². The van der Waals surface area contributed by atoms with E-state index in [9.17, 15) is 9.59 Å². The number of fused-ring (bicyclic) bond motifs is 5. The van der Waals surface area contributed by atoms with E-state index in [4.69, 9.17) is 9.47 Å². The molecule has 1 aromatic carbocycles. The average Bonchev–Trinajstić information content (AvgIpc) is 3.30. The van der Waals surface area contributed by atoms with Gasteiger partial charge in [-0.3, -0.25) is 9.59 Å². The molecule has 2 bridgehead atoms. The third-order valence-electron chi connectivity index (χ3n) is 7.05. The van der Waals surface area contributed by atoms with E-state index in [2.05, 4.69) is 12.1 Å². The van der Waals surface area contributed by atoms with Gasteiger partial charge in [0.15, 0.2) is 11.6 Å². The Balaban J connectivity index is 1.59. The fraction of sp³-hybridized carbons (Fsp3) is 0.652. The molecule has 0 amide bonds. The minimum atomic E-state index is 0.113. The van der Waals surface area contributed by atoms with E-state index in [1.54, 1.807) is 14.2 Å². The Morgan fingerprint density at radius 1 is 0.852 bits per heavy atom. The Bertz CT molecular complexity index is 730. The first-order valence-corrected chi connectivity index (χ1v) is 10.3. The molecule has 0 saturated heterocycles. The number of Topliss-reactive ketones (excluding diaryl/α,β-unsaturated/α-hetero) is 2. The van der Waals surface area contributed by atoms with Crippen molar-refractivity contribution < 1.29 is 19.1 Å². The zero-order valence-electron chi connectivity index (χ0n) is 16.5. The van der Waals surface area contributed by atoms with Gasteiger partial charge in [-0.1, -0.05) is 12.1 Å². The third-order valence-corrected chi connectivity index (χ3v) is 7.05. The average molecular weight is 370 g/mol. The van der Waals surface area contributed by atoms with Gasteiger partial charge in [-0.05, 0) is 79.4 Å². The second-order valence-electron chi connectivity index (χ2n) is 8.54. The maximum Gasteiger partial charge on any atom is 0.188 e. The molecular weight excluding hydrogens is 340 g/mol. The molecule has 1 aromatic rings. The lowest BCUT2D eigenvalue weighted by atomic mass is 9.73. The topological polar surface area (TPSA) is 52.6 Å². The molecule has 2 atom stereocenters. The molecule has 0 spiro atoms. The number of ether oxygens (including phenoxy) is 2. The molecule has 0 heterocycles. The Morgan fingerprint density at radius 3 is 2.15 bits per heavy atom. The van der Waals surface area contributed by atoms with E-state index < -0.39 is 0 Å². The first-order valence-electron chi connectivity index (χ1n) is 10.3. The molecule has 2 fully saturated rings. The van der Waals surface area contributed by atoms with E-state index in [-0.39, 0.29) is 30.7 Å². The zero-order valence-corrected chi connectivity index (χ0v) is 16.5. The number of rotatable bonds is 7. The molecule has 0 radical (unpaired) electrons. The summed E-state index contributed by atoms with van der Waals surface area (Å²) in [5, 5.41) is 0. The number of benzene rings is 1. The Morgan fingerprint density at radius 2 is 1.48 bits per heavy atom. The molecule has 3 aliphatic carbocycles. The van der Waals surface area contributed by atoms with Gasteiger partial charge in [-0.25, -0.2) is 0 Å². The van der Waals surface area contributed by atoms with Gasteiger partial charge in [0.1, 0.15) is 13.2 Å². The summed E-state index contributed by atoms with van der Waals surface area (Å²) in [7, 11) is 3.18. The highest BCUT2D eigenvalue weighted by Crippen LogP contribution is 2.57. The SMILES string of the molecule is COCC(=O)c1ccc(C2CCC(C(=O)COC)CC2)c2c1C1CCC2C1. The molecule has 146 valence electrons. The van der Waals surface area contributed by atoms with Crippen molar-refractivity contribution in [3.05, 3.63) is 34.4 Å². The van der Waals surface area contributed by atoms with E-state index >= 15 is 0 Å². The number of methoxy groups -OCH3 is 2. The van der Waals surface area contributed by atoms with Crippen LogP contribution >= 0.6 is 0 Å². The lowest BCUT2D eigenvalue weighted by molar-refractivity contribution is -0.127. The number of hydrogen-bond donors (Lipinski definition) is 0. The van der Waals surface area contributed by atoms with Crippen LogP contribution in [0, 0.1) is 5.92 Å². The zero-order chi connectivity index (χ0) is 19.0. The fourth-order valence-electron chi connectivity index (χ4n) is 5.85. The van der Waals surface area contributed by atoms with Gasteiger partial charge in [0, 0.05) is 25.7 Å². The monoisotopic (exact) mass is 370 g/mol. The Kier molecular flexibility index (Phi) is 5.47. The summed E-state index contributed by atoms with van der Waals surface area (Å²) in [6, 6.07) is 4.27. The van der Waals surface area contributed by atoms with Crippen LogP contribution in [-0.2, 0) is 14.3 Å². The van der Waals surface area contributed by atoms with Crippen LogP contribution in [0.1, 0.15) is 89.7 Å². The summed E-state index contributed by atoms with van der Waals surface area (Å²) in [5.41, 5.74) is 5.18. The second-order valence-corrected chi connectivity index (χ2v) is 8.54. The standard InChI is InChI=1S/C23H30O4/c1-26-12-20(24)15-5-3-14(4-6-15)18-9-10-19(21(25)13-27-2)23-17-8-7-16(11-17)22(18)23/h9-10,14-17H,3-8,11-13H2,1-2H3. The minimum absolute atomic E-state index is 0.113. The van der Waals surface area contributed by atoms with Crippen LogP contribution in [0.15, 0.2) is 12.1 Å². The van der Waals surface area contributed by atoms with Crippen molar-refractivity contribution in [2.75, 3.05) is 27.4 Å². The molecular formula is C23H30O4. The van der Waals surface area contributed by atoms with Crippen molar-refractivity contribution in [2.24, 2.45) is 5.92 Å². The quantitative estimate of drug-likeness (QED) is 0.669. The number of carbonyl (C=O) groups excluding carboxylic acids is 2. The maximum absolute atomic E-state index is 12.6. The van der Waals surface area contributed by atoms with Crippen LogP contribution < -0.4 is 0 Å². The first kappa shape index (κ1) is 18.8. The first-order chi connectivity index (χ1) is 13.1. The van der Waals surface area contributed by atoms with Crippen LogP contribution in [0.2, 0.25) is 0 Å². The molecule has 4 rings (SSSR count). The van der Waals surface area contributed by atoms with Gasteiger partial charge in [0.2, 0.25) is 0 Å². The van der Waals surface area contributed by atoms with Crippen LogP contribution in [0.3, 0.4) is 0 Å². The molecule has 4 heteroatoms. The van der Waals surface area contributed by atoms with Crippen molar-refractivity contribution in [1.82, 2.24) is 0 Å². The number of hydrogen-bond acceptors (Lipinski definition) is 4. The van der Waals surface area contributed by atoms with Crippen molar-refractivity contribution in [3.63, 3.8) is 0 Å². The lowest BCUT2D eigenvalue weighted by Crippen LogP contribution is -2.25. The summed E-state index contributed by atoms with van der Waals surface area (Å²) in [6.45, 7) is 0.403. The van der Waals surface area contributed by atoms with E-state index in [0.29, 0.717) is 17.8 Å². The highest BCUT2D eigenvalue weighted by molar-refractivity contribution is 5.99. The van der Waals surface area contributed by atoms with Crippen molar-refractivity contribution in [2.45, 2.75) is 62.7 Å². The molecule has 0 aromatic heterocycles. The number of ketones is 2. The summed E-state index contributed by atoms with van der Waals surface area (Å²) in [5.74, 6) is 2.23. The molecule has 0 aliphatic heterocycles. The third kappa shape index (κ3) is 3.38. The molecule has 3 aliphatic rings. The largest absolute Gasteiger partial charge is 0.377 e. The normalized spacial score (nSPS) is 29.0. The molecule has 0 N–H and O–H groups in total. The van der Waals surface area contributed by atoms with E-state index in [1.165, 1.54) is 36.0 Å². The molecule has 27 heavy (non-hydrogen) atoms. The maximum atomic E-state index is 12.6. The smallest absolute Gasteiger partial charge is 0.188 e. The summed E-state index contributed by atoms with van der Waals surface area (Å²) >= 11 is 0. The van der Waals surface area contributed by atoms with Gasteiger partial charge in [-0.15, -0.1) is 0 Å². The highest BCUT2D eigenvalue weighted by atomic mass is 16.5. The highest BCUT2D eigenvalue weighted by Gasteiger charge is 2.42. The van der Waals surface area contributed by atoms with Crippen LogP contribution in [-0.4, -0.2) is 39.0 Å². The van der Waals surface area contributed by atoms with Gasteiger partial charge in [-0.2, -0.15) is 0 Å². The van der Waals surface area contributed by atoms with Crippen LogP contribution in [0.5, 0.6) is 0 Å². The second kappa shape index (κ2) is 7.84. The van der Waals surface area contributed by atoms with Crippen molar-refractivity contribution >= 4 is 11.6 Å². The summed E-state index contributed by atoms with van der Waals surface area (Å²) in [6.07, 6.45) is 7.73. The van der Waals surface area contributed by atoms with Crippen LogP contribution in [0.25, 0.3) is 0 Å². The molecule has 4 nitrogen and oxygen atoms in total. The molecule has 2 saturated carbocycles. The molecule has 2 unspecified atom stereocenters. The minimum Gasteiger partial charge on any atom is -0.377 e. The van der Waals surface area contributed by atoms with Gasteiger partial charge >= 0.3 is 0 Å². The van der Waals surface area contributed by atoms with Crippen molar-refractivity contribution in [1.29, 1.82) is 0 Å². The predicted octanol–water partition coefficient (Wildman–Crippen LogP) is 4.37. The Hall–Kier alpha value is -1.52. The van der Waals surface area contributed by atoms with Gasteiger partial charge in [0.25, 0.3) is 0 Å². The van der Waals surface area contributed by atoms with Gasteiger partial charge < -0.3 is 9.47 Å². The van der Waals surface area contributed by atoms with E-state index in [0.717, 1.165) is 31.2 Å². The van der Waals surface area contributed by atoms with Gasteiger partial charge in [0.05, 0.1) is 0 Å². The summed E-state index contributed by atoms with van der Waals surface area (Å²) in [4.78, 5) is 24.7. The summed E-state index contributed by atoms with van der Waals surface area (Å²) < 4.78 is 10.1. The predicted molar refractivity (Wildman–Crippen MR) is 104 cm³/mol. The van der Waals surface area contributed by atoms with E-state index in [1.807, 2.05) is 0 Å². The number of carbonyl (C=O) groups is 2. The van der Waals surface area contributed by atoms with Crippen LogP contribution in [0.4, 0.5) is 0 Å².